The van der Waals surface area contributed by atoms with Gasteiger partial charge in [0.1, 0.15) is 12.1 Å². The lowest BCUT2D eigenvalue weighted by molar-refractivity contribution is 0.633. The highest BCUT2D eigenvalue weighted by atomic mass is 15.1. The van der Waals surface area contributed by atoms with Gasteiger partial charge in [-0.15, -0.1) is 0 Å². The number of anilines is 1. The van der Waals surface area contributed by atoms with Crippen molar-refractivity contribution in [3.05, 3.63) is 18.1 Å². The summed E-state index contributed by atoms with van der Waals surface area (Å²) in [5, 5.41) is 6.92. The highest BCUT2D eigenvalue weighted by molar-refractivity contribution is 5.36. The third-order valence-corrected chi connectivity index (χ3v) is 2.98. The molecule has 1 aromatic heterocycles. The van der Waals surface area contributed by atoms with E-state index in [1.54, 1.807) is 6.33 Å². The number of nitrogens with one attached hydrogen (secondary N) is 2. The van der Waals surface area contributed by atoms with Gasteiger partial charge in [-0.05, 0) is 25.8 Å². The molecule has 0 amide bonds. The molecule has 1 aromatic rings. The first-order valence-corrected chi connectivity index (χ1v) is 6.16. The molecule has 0 aromatic carbocycles. The maximum Gasteiger partial charge on any atom is 0.129 e. The highest BCUT2D eigenvalue weighted by Gasteiger charge is 2.11. The van der Waals surface area contributed by atoms with Gasteiger partial charge in [-0.1, -0.05) is 13.3 Å². The number of hydrogen-bond acceptors (Lipinski definition) is 4. The van der Waals surface area contributed by atoms with Gasteiger partial charge in [-0.2, -0.15) is 0 Å². The van der Waals surface area contributed by atoms with Crippen molar-refractivity contribution in [1.29, 1.82) is 0 Å². The first-order chi connectivity index (χ1) is 7.88. The molecule has 1 aliphatic heterocycles. The molecule has 0 saturated carbocycles. The topological polar surface area (TPSA) is 49.8 Å². The van der Waals surface area contributed by atoms with Crippen LogP contribution in [0.5, 0.6) is 0 Å². The molecule has 0 bridgehead atoms. The van der Waals surface area contributed by atoms with E-state index in [9.17, 15) is 0 Å². The van der Waals surface area contributed by atoms with E-state index in [1.807, 2.05) is 6.07 Å². The quantitative estimate of drug-likeness (QED) is 0.812. The van der Waals surface area contributed by atoms with Crippen LogP contribution in [0.25, 0.3) is 0 Å². The third-order valence-electron chi connectivity index (χ3n) is 2.98. The van der Waals surface area contributed by atoms with Gasteiger partial charge in [-0.3, -0.25) is 0 Å². The molecule has 0 spiro atoms. The minimum absolute atomic E-state index is 0.502. The van der Waals surface area contributed by atoms with E-state index in [1.165, 1.54) is 19.3 Å². The van der Waals surface area contributed by atoms with Gasteiger partial charge in [-0.25, -0.2) is 9.97 Å². The standard InChI is InChI=1S/C12H20N4/c1-2-10-7-12(15-9-14-10)16-11-5-3-4-6-13-8-11/h7,9,11,13H,2-6,8H2,1H3,(H,14,15,16). The molecule has 2 heterocycles. The molecule has 1 fully saturated rings. The minimum atomic E-state index is 0.502. The summed E-state index contributed by atoms with van der Waals surface area (Å²) in [6.45, 7) is 4.28. The molecular formula is C12H20N4. The smallest absolute Gasteiger partial charge is 0.129 e. The van der Waals surface area contributed by atoms with Gasteiger partial charge >= 0.3 is 0 Å². The molecule has 1 unspecified atom stereocenters. The first-order valence-electron chi connectivity index (χ1n) is 6.16. The largest absolute Gasteiger partial charge is 0.366 e. The average Bonchev–Trinajstić information content (AvgIpc) is 2.58. The predicted octanol–water partition coefficient (Wildman–Crippen LogP) is 1.59. The Bertz CT molecular complexity index is 319. The number of hydrogen-bond donors (Lipinski definition) is 2. The van der Waals surface area contributed by atoms with Gasteiger partial charge in [0, 0.05) is 24.3 Å². The van der Waals surface area contributed by atoms with Crippen LogP contribution in [0.1, 0.15) is 31.9 Å². The van der Waals surface area contributed by atoms with Crippen LogP contribution in [0.15, 0.2) is 12.4 Å². The lowest BCUT2D eigenvalue weighted by Gasteiger charge is -2.17. The summed E-state index contributed by atoms with van der Waals surface area (Å²) in [5.41, 5.74) is 1.10. The minimum Gasteiger partial charge on any atom is -0.366 e. The Labute approximate surface area is 96.9 Å². The Hall–Kier alpha value is -1.16. The fourth-order valence-corrected chi connectivity index (χ4v) is 2.02. The zero-order valence-corrected chi connectivity index (χ0v) is 9.87. The summed E-state index contributed by atoms with van der Waals surface area (Å²) in [5.74, 6) is 0.959. The maximum absolute atomic E-state index is 4.26. The van der Waals surface area contributed by atoms with Crippen molar-refractivity contribution in [3.8, 4) is 0 Å². The summed E-state index contributed by atoms with van der Waals surface area (Å²) in [6.07, 6.45) is 6.39. The van der Waals surface area contributed by atoms with Crippen molar-refractivity contribution in [2.45, 2.75) is 38.6 Å². The third kappa shape index (κ3) is 3.17. The molecule has 4 heteroatoms. The molecule has 4 nitrogen and oxygen atoms in total. The van der Waals surface area contributed by atoms with Gasteiger partial charge in [0.05, 0.1) is 0 Å². The Kier molecular flexibility index (Phi) is 4.10. The van der Waals surface area contributed by atoms with Crippen LogP contribution in [-0.4, -0.2) is 29.1 Å². The van der Waals surface area contributed by atoms with E-state index in [4.69, 9.17) is 0 Å². The highest BCUT2D eigenvalue weighted by Crippen LogP contribution is 2.11. The molecule has 16 heavy (non-hydrogen) atoms. The van der Waals surface area contributed by atoms with Crippen molar-refractivity contribution in [2.24, 2.45) is 0 Å². The zero-order chi connectivity index (χ0) is 11.2. The van der Waals surface area contributed by atoms with E-state index in [0.29, 0.717) is 6.04 Å². The lowest BCUT2D eigenvalue weighted by Crippen LogP contribution is -2.31. The van der Waals surface area contributed by atoms with Crippen molar-refractivity contribution >= 4 is 5.82 Å². The predicted molar refractivity (Wildman–Crippen MR) is 65.5 cm³/mol. The molecule has 1 aliphatic rings. The van der Waals surface area contributed by atoms with Crippen LogP contribution < -0.4 is 10.6 Å². The van der Waals surface area contributed by atoms with E-state index in [-0.39, 0.29) is 0 Å². The van der Waals surface area contributed by atoms with Crippen molar-refractivity contribution < 1.29 is 0 Å². The second-order valence-corrected chi connectivity index (χ2v) is 4.29. The average molecular weight is 220 g/mol. The van der Waals surface area contributed by atoms with Gasteiger partial charge < -0.3 is 10.6 Å². The van der Waals surface area contributed by atoms with Crippen molar-refractivity contribution in [3.63, 3.8) is 0 Å². The van der Waals surface area contributed by atoms with Crippen LogP contribution in [0.3, 0.4) is 0 Å². The van der Waals surface area contributed by atoms with Crippen LogP contribution in [0, 0.1) is 0 Å². The molecule has 88 valence electrons. The SMILES string of the molecule is CCc1cc(NC2CCCCNC2)ncn1. The van der Waals surface area contributed by atoms with E-state index >= 15 is 0 Å². The normalized spacial score (nSPS) is 21.4. The van der Waals surface area contributed by atoms with Gasteiger partial charge in [0.15, 0.2) is 0 Å². The number of aryl methyl sites for hydroxylation is 1. The Morgan fingerprint density at radius 1 is 1.44 bits per heavy atom. The summed E-state index contributed by atoms with van der Waals surface area (Å²) in [6, 6.07) is 2.55. The van der Waals surface area contributed by atoms with Crippen LogP contribution in [0.2, 0.25) is 0 Å². The molecular weight excluding hydrogens is 200 g/mol. The van der Waals surface area contributed by atoms with Crippen LogP contribution in [0.4, 0.5) is 5.82 Å². The monoisotopic (exact) mass is 220 g/mol. The van der Waals surface area contributed by atoms with E-state index < -0.39 is 0 Å². The lowest BCUT2D eigenvalue weighted by atomic mass is 10.1. The first kappa shape index (κ1) is 11.3. The number of rotatable bonds is 3. The Balaban J connectivity index is 1.96. The number of nitrogens with zero attached hydrogens (tertiary/aromatic N) is 2. The number of aromatic nitrogens is 2. The molecule has 0 aliphatic carbocycles. The Morgan fingerprint density at radius 2 is 2.38 bits per heavy atom. The van der Waals surface area contributed by atoms with E-state index in [2.05, 4.69) is 27.5 Å². The second kappa shape index (κ2) is 5.80. The van der Waals surface area contributed by atoms with Crippen molar-refractivity contribution in [1.82, 2.24) is 15.3 Å². The van der Waals surface area contributed by atoms with Crippen LogP contribution >= 0.6 is 0 Å². The molecule has 2 rings (SSSR count). The van der Waals surface area contributed by atoms with E-state index in [0.717, 1.165) is 31.0 Å². The molecule has 0 radical (unpaired) electrons. The fraction of sp³-hybridized carbons (Fsp3) is 0.667. The second-order valence-electron chi connectivity index (χ2n) is 4.29. The fourth-order valence-electron chi connectivity index (χ4n) is 2.02. The van der Waals surface area contributed by atoms with Gasteiger partial charge in [0.2, 0.25) is 0 Å². The maximum atomic E-state index is 4.26. The summed E-state index contributed by atoms with van der Waals surface area (Å²) in [4.78, 5) is 8.46. The Morgan fingerprint density at radius 3 is 3.25 bits per heavy atom. The zero-order valence-electron chi connectivity index (χ0n) is 9.87. The molecule has 1 saturated heterocycles. The summed E-state index contributed by atoms with van der Waals surface area (Å²) < 4.78 is 0. The molecule has 2 N–H and O–H groups in total. The molecule has 1 atom stereocenters. The van der Waals surface area contributed by atoms with Crippen LogP contribution in [-0.2, 0) is 6.42 Å². The van der Waals surface area contributed by atoms with Gasteiger partial charge in [0.25, 0.3) is 0 Å². The summed E-state index contributed by atoms with van der Waals surface area (Å²) in [7, 11) is 0. The summed E-state index contributed by atoms with van der Waals surface area (Å²) >= 11 is 0. The van der Waals surface area contributed by atoms with Crippen molar-refractivity contribution in [2.75, 3.05) is 18.4 Å².